The molecule has 0 bridgehead atoms. The molecule has 2 heteroatoms. The van der Waals surface area contributed by atoms with Crippen molar-refractivity contribution in [1.29, 1.82) is 0 Å². The third kappa shape index (κ3) is 4.52. The standard InChI is InChI=1S/C10H22N2/c1-4-6-7-8-12(3)10(5-2)9-11/h4,10H,1,5-9,11H2,2-3H3. The maximum atomic E-state index is 5.63. The molecular formula is C10H22N2. The number of nitrogens with two attached hydrogens (primary N) is 1. The van der Waals surface area contributed by atoms with Gasteiger partial charge in [0.2, 0.25) is 0 Å². The SMILES string of the molecule is C=CCCCN(C)C(CC)CN. The van der Waals surface area contributed by atoms with Gasteiger partial charge in [0.15, 0.2) is 0 Å². The zero-order chi connectivity index (χ0) is 9.40. The van der Waals surface area contributed by atoms with Crippen molar-refractivity contribution in [2.24, 2.45) is 5.73 Å². The number of rotatable bonds is 7. The molecule has 0 rings (SSSR count). The third-order valence-electron chi connectivity index (χ3n) is 2.29. The van der Waals surface area contributed by atoms with E-state index in [1.807, 2.05) is 6.08 Å². The topological polar surface area (TPSA) is 29.3 Å². The second-order valence-electron chi connectivity index (χ2n) is 3.21. The highest BCUT2D eigenvalue weighted by Gasteiger charge is 2.08. The van der Waals surface area contributed by atoms with Gasteiger partial charge in [-0.3, -0.25) is 0 Å². The van der Waals surface area contributed by atoms with Crippen molar-refractivity contribution in [3.05, 3.63) is 12.7 Å². The van der Waals surface area contributed by atoms with Gasteiger partial charge in [-0.25, -0.2) is 0 Å². The van der Waals surface area contributed by atoms with Gasteiger partial charge < -0.3 is 10.6 Å². The average molecular weight is 170 g/mol. The van der Waals surface area contributed by atoms with Crippen LogP contribution in [0.3, 0.4) is 0 Å². The van der Waals surface area contributed by atoms with Crippen LogP contribution in [0.4, 0.5) is 0 Å². The summed E-state index contributed by atoms with van der Waals surface area (Å²) < 4.78 is 0. The van der Waals surface area contributed by atoms with Crippen molar-refractivity contribution >= 4 is 0 Å². The molecule has 2 nitrogen and oxygen atoms in total. The van der Waals surface area contributed by atoms with Gasteiger partial charge in [0.05, 0.1) is 0 Å². The molecule has 12 heavy (non-hydrogen) atoms. The van der Waals surface area contributed by atoms with Crippen LogP contribution in [0.15, 0.2) is 12.7 Å². The van der Waals surface area contributed by atoms with Crippen LogP contribution < -0.4 is 5.73 Å². The lowest BCUT2D eigenvalue weighted by Gasteiger charge is -2.25. The Kier molecular flexibility index (Phi) is 7.11. The molecule has 72 valence electrons. The Morgan fingerprint density at radius 3 is 2.67 bits per heavy atom. The first-order valence-corrected chi connectivity index (χ1v) is 4.77. The molecule has 0 saturated carbocycles. The van der Waals surface area contributed by atoms with E-state index in [1.165, 1.54) is 6.42 Å². The van der Waals surface area contributed by atoms with Gasteiger partial charge in [0, 0.05) is 12.6 Å². The van der Waals surface area contributed by atoms with Crippen molar-refractivity contribution < 1.29 is 0 Å². The Morgan fingerprint density at radius 1 is 1.58 bits per heavy atom. The Morgan fingerprint density at radius 2 is 2.25 bits per heavy atom. The first-order valence-electron chi connectivity index (χ1n) is 4.77. The Labute approximate surface area is 76.4 Å². The highest BCUT2D eigenvalue weighted by molar-refractivity contribution is 4.71. The number of likely N-dealkylation sites (N-methyl/N-ethyl adjacent to an activating group) is 1. The third-order valence-corrected chi connectivity index (χ3v) is 2.29. The van der Waals surface area contributed by atoms with Gasteiger partial charge in [-0.1, -0.05) is 13.0 Å². The molecule has 1 unspecified atom stereocenters. The molecule has 0 aliphatic heterocycles. The van der Waals surface area contributed by atoms with Crippen LogP contribution in [0.5, 0.6) is 0 Å². The second-order valence-corrected chi connectivity index (χ2v) is 3.21. The largest absolute Gasteiger partial charge is 0.329 e. The smallest absolute Gasteiger partial charge is 0.0212 e. The summed E-state index contributed by atoms with van der Waals surface area (Å²) in [7, 11) is 2.14. The monoisotopic (exact) mass is 170 g/mol. The summed E-state index contributed by atoms with van der Waals surface area (Å²) in [5, 5.41) is 0. The van der Waals surface area contributed by atoms with E-state index in [1.54, 1.807) is 0 Å². The lowest BCUT2D eigenvalue weighted by Crippen LogP contribution is -2.37. The molecule has 0 aliphatic rings. The minimum atomic E-state index is 0.551. The molecule has 0 aromatic heterocycles. The summed E-state index contributed by atoms with van der Waals surface area (Å²) in [4.78, 5) is 2.34. The predicted octanol–water partition coefficient (Wildman–Crippen LogP) is 1.62. The van der Waals surface area contributed by atoms with Gasteiger partial charge in [-0.15, -0.1) is 6.58 Å². The van der Waals surface area contributed by atoms with Gasteiger partial charge in [-0.2, -0.15) is 0 Å². The summed E-state index contributed by atoms with van der Waals surface area (Å²) in [5.41, 5.74) is 5.63. The Hall–Kier alpha value is -0.340. The van der Waals surface area contributed by atoms with Crippen molar-refractivity contribution in [1.82, 2.24) is 4.90 Å². The van der Waals surface area contributed by atoms with Crippen molar-refractivity contribution in [2.75, 3.05) is 20.1 Å². The normalized spacial score (nSPS) is 13.3. The first kappa shape index (κ1) is 11.7. The summed E-state index contributed by atoms with van der Waals surface area (Å²) in [6.07, 6.45) is 5.40. The van der Waals surface area contributed by atoms with Gasteiger partial charge in [0.1, 0.15) is 0 Å². The van der Waals surface area contributed by atoms with E-state index in [0.29, 0.717) is 6.04 Å². The molecule has 2 N–H and O–H groups in total. The lowest BCUT2D eigenvalue weighted by molar-refractivity contribution is 0.239. The molecule has 1 atom stereocenters. The molecule has 0 spiro atoms. The Bertz CT molecular complexity index is 108. The van der Waals surface area contributed by atoms with Crippen LogP contribution in [0.1, 0.15) is 26.2 Å². The molecule has 0 fully saturated rings. The van der Waals surface area contributed by atoms with Crippen LogP contribution in [-0.4, -0.2) is 31.1 Å². The number of hydrogen-bond donors (Lipinski definition) is 1. The van der Waals surface area contributed by atoms with Gasteiger partial charge in [0.25, 0.3) is 0 Å². The quantitative estimate of drug-likeness (QED) is 0.465. The second kappa shape index (κ2) is 7.32. The molecule has 0 heterocycles. The van der Waals surface area contributed by atoms with Crippen molar-refractivity contribution in [2.45, 2.75) is 32.2 Å². The zero-order valence-electron chi connectivity index (χ0n) is 8.42. The fourth-order valence-corrected chi connectivity index (χ4v) is 1.33. The fourth-order valence-electron chi connectivity index (χ4n) is 1.33. The van der Waals surface area contributed by atoms with Gasteiger partial charge in [-0.05, 0) is 32.9 Å². The van der Waals surface area contributed by atoms with Crippen LogP contribution in [-0.2, 0) is 0 Å². The average Bonchev–Trinajstić information content (AvgIpc) is 2.07. The number of allylic oxidation sites excluding steroid dienone is 1. The van der Waals surface area contributed by atoms with E-state index in [0.717, 1.165) is 25.9 Å². The summed E-state index contributed by atoms with van der Waals surface area (Å²) in [6, 6.07) is 0.551. The summed E-state index contributed by atoms with van der Waals surface area (Å²) >= 11 is 0. The summed E-state index contributed by atoms with van der Waals surface area (Å²) in [6.45, 7) is 7.77. The number of nitrogens with zero attached hydrogens (tertiary/aromatic N) is 1. The number of hydrogen-bond acceptors (Lipinski definition) is 2. The van der Waals surface area contributed by atoms with Crippen LogP contribution >= 0.6 is 0 Å². The minimum absolute atomic E-state index is 0.551. The predicted molar refractivity (Wildman–Crippen MR) is 55.2 cm³/mol. The highest BCUT2D eigenvalue weighted by Crippen LogP contribution is 2.01. The maximum Gasteiger partial charge on any atom is 0.0212 e. The van der Waals surface area contributed by atoms with Crippen molar-refractivity contribution in [3.63, 3.8) is 0 Å². The first-order chi connectivity index (χ1) is 5.76. The van der Waals surface area contributed by atoms with E-state index in [4.69, 9.17) is 5.73 Å². The molecule has 0 amide bonds. The number of unbranched alkanes of at least 4 members (excludes halogenated alkanes) is 1. The molecule has 0 aliphatic carbocycles. The molecule has 0 radical (unpaired) electrons. The van der Waals surface area contributed by atoms with Crippen LogP contribution in [0.2, 0.25) is 0 Å². The molecule has 0 saturated heterocycles. The van der Waals surface area contributed by atoms with Crippen LogP contribution in [0, 0.1) is 0 Å². The van der Waals surface area contributed by atoms with E-state index < -0.39 is 0 Å². The molecule has 0 aromatic carbocycles. The van der Waals surface area contributed by atoms with Crippen LogP contribution in [0.25, 0.3) is 0 Å². The molecule has 0 aromatic rings. The maximum absolute atomic E-state index is 5.63. The lowest BCUT2D eigenvalue weighted by atomic mass is 10.2. The van der Waals surface area contributed by atoms with Gasteiger partial charge >= 0.3 is 0 Å². The van der Waals surface area contributed by atoms with E-state index in [9.17, 15) is 0 Å². The van der Waals surface area contributed by atoms with E-state index >= 15 is 0 Å². The van der Waals surface area contributed by atoms with E-state index in [2.05, 4.69) is 25.5 Å². The van der Waals surface area contributed by atoms with E-state index in [-0.39, 0.29) is 0 Å². The van der Waals surface area contributed by atoms with Crippen molar-refractivity contribution in [3.8, 4) is 0 Å². The summed E-state index contributed by atoms with van der Waals surface area (Å²) in [5.74, 6) is 0. The molecular weight excluding hydrogens is 148 g/mol. The zero-order valence-corrected chi connectivity index (χ0v) is 8.42. The Balaban J connectivity index is 3.53. The highest BCUT2D eigenvalue weighted by atomic mass is 15.1. The minimum Gasteiger partial charge on any atom is -0.329 e. The fraction of sp³-hybridized carbons (Fsp3) is 0.800.